The lowest BCUT2D eigenvalue weighted by atomic mass is 10.1. The minimum atomic E-state index is 0.590. The maximum atomic E-state index is 6.14. The first-order valence-electron chi connectivity index (χ1n) is 7.18. The van der Waals surface area contributed by atoms with Crippen molar-refractivity contribution in [1.82, 2.24) is 15.3 Å². The Morgan fingerprint density at radius 2 is 1.95 bits per heavy atom. The van der Waals surface area contributed by atoms with E-state index in [0.717, 1.165) is 30.9 Å². The Bertz CT molecular complexity index is 531. The van der Waals surface area contributed by atoms with Crippen molar-refractivity contribution in [3.05, 3.63) is 52.1 Å². The van der Waals surface area contributed by atoms with Crippen LogP contribution in [-0.4, -0.2) is 9.97 Å². The molecule has 20 heavy (non-hydrogen) atoms. The van der Waals surface area contributed by atoms with Gasteiger partial charge in [-0.3, -0.25) is 0 Å². The number of halogens is 1. The van der Waals surface area contributed by atoms with Crippen LogP contribution in [0.2, 0.25) is 5.15 Å². The van der Waals surface area contributed by atoms with E-state index in [2.05, 4.69) is 53.4 Å². The summed E-state index contributed by atoms with van der Waals surface area (Å²) >= 11 is 6.14. The van der Waals surface area contributed by atoms with Gasteiger partial charge in [0.15, 0.2) is 5.15 Å². The molecule has 2 rings (SSSR count). The summed E-state index contributed by atoms with van der Waals surface area (Å²) in [5, 5.41) is 3.98. The molecule has 0 bridgehead atoms. The Kier molecular flexibility index (Phi) is 5.62. The quantitative estimate of drug-likeness (QED) is 0.809. The van der Waals surface area contributed by atoms with Crippen molar-refractivity contribution in [2.75, 3.05) is 0 Å². The third-order valence-corrected chi connectivity index (χ3v) is 3.61. The number of imidazole rings is 1. The van der Waals surface area contributed by atoms with Crippen LogP contribution in [0.4, 0.5) is 0 Å². The Hall–Kier alpha value is -1.32. The van der Waals surface area contributed by atoms with Crippen molar-refractivity contribution in [2.45, 2.75) is 46.2 Å². The van der Waals surface area contributed by atoms with Crippen LogP contribution in [-0.2, 0) is 19.5 Å². The first-order chi connectivity index (χ1) is 9.69. The van der Waals surface area contributed by atoms with Gasteiger partial charge in [-0.1, -0.05) is 54.8 Å². The molecule has 1 aromatic carbocycles. The summed E-state index contributed by atoms with van der Waals surface area (Å²) in [7, 11) is 0. The smallest absolute Gasteiger partial charge is 0.151 e. The fraction of sp³-hybridized carbons (Fsp3) is 0.438. The summed E-state index contributed by atoms with van der Waals surface area (Å²) in [6.45, 7) is 5.82. The first kappa shape index (κ1) is 15.1. The van der Waals surface area contributed by atoms with Crippen LogP contribution in [0, 0.1) is 6.92 Å². The molecule has 0 unspecified atom stereocenters. The maximum absolute atomic E-state index is 6.14. The largest absolute Gasteiger partial charge is 0.344 e. The van der Waals surface area contributed by atoms with Gasteiger partial charge in [-0.05, 0) is 18.9 Å². The molecular weight excluding hydrogens is 270 g/mol. The van der Waals surface area contributed by atoms with Crippen molar-refractivity contribution < 1.29 is 0 Å². The lowest BCUT2D eigenvalue weighted by Crippen LogP contribution is -2.13. The van der Waals surface area contributed by atoms with Gasteiger partial charge in [0, 0.05) is 19.5 Å². The molecule has 0 saturated carbocycles. The van der Waals surface area contributed by atoms with Crippen LogP contribution >= 0.6 is 11.6 Å². The number of aryl methyl sites for hydroxylation is 2. The van der Waals surface area contributed by atoms with Gasteiger partial charge in [-0.15, -0.1) is 0 Å². The van der Waals surface area contributed by atoms with E-state index in [1.165, 1.54) is 17.5 Å². The van der Waals surface area contributed by atoms with E-state index < -0.39 is 0 Å². The van der Waals surface area contributed by atoms with Gasteiger partial charge in [-0.2, -0.15) is 0 Å². The molecule has 2 aromatic rings. The SMILES string of the molecule is CCCCc1nc(Cl)c(CNCc2ccc(C)cc2)[nH]1. The van der Waals surface area contributed by atoms with Crippen LogP contribution in [0.1, 0.15) is 42.4 Å². The molecule has 0 aliphatic rings. The molecule has 2 N–H and O–H groups in total. The number of aromatic nitrogens is 2. The van der Waals surface area contributed by atoms with E-state index in [0.29, 0.717) is 11.7 Å². The zero-order valence-corrected chi connectivity index (χ0v) is 12.9. The average molecular weight is 292 g/mol. The Labute approximate surface area is 125 Å². The molecule has 1 heterocycles. The molecule has 0 atom stereocenters. The van der Waals surface area contributed by atoms with Gasteiger partial charge < -0.3 is 10.3 Å². The fourth-order valence-electron chi connectivity index (χ4n) is 2.06. The fourth-order valence-corrected chi connectivity index (χ4v) is 2.27. The molecule has 0 fully saturated rings. The third-order valence-electron chi connectivity index (χ3n) is 3.30. The van der Waals surface area contributed by atoms with Gasteiger partial charge in [0.2, 0.25) is 0 Å². The molecule has 0 amide bonds. The molecule has 108 valence electrons. The second-order valence-electron chi connectivity index (χ2n) is 5.15. The van der Waals surface area contributed by atoms with E-state index in [-0.39, 0.29) is 0 Å². The number of H-pyrrole nitrogens is 1. The van der Waals surface area contributed by atoms with Crippen LogP contribution < -0.4 is 5.32 Å². The van der Waals surface area contributed by atoms with Gasteiger partial charge in [0.1, 0.15) is 5.82 Å². The number of nitrogens with one attached hydrogen (secondary N) is 2. The zero-order valence-electron chi connectivity index (χ0n) is 12.2. The molecule has 0 saturated heterocycles. The van der Waals surface area contributed by atoms with E-state index in [1.807, 2.05) is 0 Å². The average Bonchev–Trinajstić information content (AvgIpc) is 2.79. The van der Waals surface area contributed by atoms with Gasteiger partial charge >= 0.3 is 0 Å². The highest BCUT2D eigenvalue weighted by Gasteiger charge is 2.07. The molecule has 0 radical (unpaired) electrons. The van der Waals surface area contributed by atoms with E-state index in [9.17, 15) is 0 Å². The number of aromatic amines is 1. The van der Waals surface area contributed by atoms with E-state index in [1.54, 1.807) is 0 Å². The van der Waals surface area contributed by atoms with Crippen molar-refractivity contribution in [1.29, 1.82) is 0 Å². The van der Waals surface area contributed by atoms with Crippen LogP contribution in [0.25, 0.3) is 0 Å². The summed E-state index contributed by atoms with van der Waals surface area (Å²) in [6, 6.07) is 8.54. The lowest BCUT2D eigenvalue weighted by Gasteiger charge is -2.04. The zero-order chi connectivity index (χ0) is 14.4. The molecule has 4 heteroatoms. The highest BCUT2D eigenvalue weighted by atomic mass is 35.5. The highest BCUT2D eigenvalue weighted by Crippen LogP contribution is 2.14. The number of nitrogens with zero attached hydrogens (tertiary/aromatic N) is 1. The Morgan fingerprint density at radius 3 is 2.65 bits per heavy atom. The minimum absolute atomic E-state index is 0.590. The topological polar surface area (TPSA) is 40.7 Å². The van der Waals surface area contributed by atoms with Gasteiger partial charge in [-0.25, -0.2) is 4.98 Å². The maximum Gasteiger partial charge on any atom is 0.151 e. The normalized spacial score (nSPS) is 10.9. The second kappa shape index (κ2) is 7.46. The summed E-state index contributed by atoms with van der Waals surface area (Å²) < 4.78 is 0. The summed E-state index contributed by atoms with van der Waals surface area (Å²) in [5.74, 6) is 0.990. The highest BCUT2D eigenvalue weighted by molar-refractivity contribution is 6.30. The number of rotatable bonds is 7. The Balaban J connectivity index is 1.84. The standard InChI is InChI=1S/C16H22ClN3/c1-3-4-5-15-19-14(16(17)20-15)11-18-10-13-8-6-12(2)7-9-13/h6-9,18H,3-5,10-11H2,1-2H3,(H,19,20). The van der Waals surface area contributed by atoms with Crippen molar-refractivity contribution >= 4 is 11.6 Å². The predicted molar refractivity (Wildman–Crippen MR) is 83.9 cm³/mol. The number of benzene rings is 1. The third kappa shape index (κ3) is 4.36. The van der Waals surface area contributed by atoms with Crippen molar-refractivity contribution in [3.8, 4) is 0 Å². The van der Waals surface area contributed by atoms with Crippen molar-refractivity contribution in [2.24, 2.45) is 0 Å². The number of hydrogen-bond acceptors (Lipinski definition) is 2. The minimum Gasteiger partial charge on any atom is -0.344 e. The first-order valence-corrected chi connectivity index (χ1v) is 7.56. The monoisotopic (exact) mass is 291 g/mol. The molecule has 3 nitrogen and oxygen atoms in total. The van der Waals surface area contributed by atoms with Crippen LogP contribution in [0.15, 0.2) is 24.3 Å². The lowest BCUT2D eigenvalue weighted by molar-refractivity contribution is 0.678. The number of hydrogen-bond donors (Lipinski definition) is 2. The van der Waals surface area contributed by atoms with Crippen LogP contribution in [0.3, 0.4) is 0 Å². The summed E-state index contributed by atoms with van der Waals surface area (Å²) in [5.41, 5.74) is 3.54. The molecule has 1 aromatic heterocycles. The second-order valence-corrected chi connectivity index (χ2v) is 5.50. The predicted octanol–water partition coefficient (Wildman–Crippen LogP) is 4.00. The molecule has 0 aliphatic carbocycles. The Morgan fingerprint density at radius 1 is 1.20 bits per heavy atom. The molecular formula is C16H22ClN3. The van der Waals surface area contributed by atoms with Gasteiger partial charge in [0.05, 0.1) is 5.69 Å². The molecule has 0 aliphatic heterocycles. The van der Waals surface area contributed by atoms with Gasteiger partial charge in [0.25, 0.3) is 0 Å². The number of unbranched alkanes of at least 4 members (excludes halogenated alkanes) is 1. The van der Waals surface area contributed by atoms with Crippen molar-refractivity contribution in [3.63, 3.8) is 0 Å². The summed E-state index contributed by atoms with van der Waals surface area (Å²) in [6.07, 6.45) is 3.27. The van der Waals surface area contributed by atoms with E-state index in [4.69, 9.17) is 11.6 Å². The summed E-state index contributed by atoms with van der Waals surface area (Å²) in [4.78, 5) is 7.66. The van der Waals surface area contributed by atoms with E-state index >= 15 is 0 Å². The molecule has 0 spiro atoms. The van der Waals surface area contributed by atoms with Crippen LogP contribution in [0.5, 0.6) is 0 Å².